The molecule has 2 rings (SSSR count). The van der Waals surface area contributed by atoms with E-state index in [1.54, 1.807) is 15.9 Å². The van der Waals surface area contributed by atoms with Gasteiger partial charge < -0.3 is 19.3 Å². The topological polar surface area (TPSA) is 59.1 Å². The number of ether oxygens (including phenoxy) is 2. The maximum absolute atomic E-state index is 12.4. The van der Waals surface area contributed by atoms with Gasteiger partial charge in [-0.15, -0.1) is 11.6 Å². The quantitative estimate of drug-likeness (QED) is 0.679. The molecule has 1 aromatic rings. The van der Waals surface area contributed by atoms with E-state index in [9.17, 15) is 9.59 Å². The molecular formula is C19H27ClN2O4. The fourth-order valence-electron chi connectivity index (χ4n) is 2.72. The smallest absolute Gasteiger partial charge is 0.260 e. The van der Waals surface area contributed by atoms with Gasteiger partial charge in [0.1, 0.15) is 0 Å². The summed E-state index contributed by atoms with van der Waals surface area (Å²) in [4.78, 5) is 28.3. The predicted molar refractivity (Wildman–Crippen MR) is 101 cm³/mol. The van der Waals surface area contributed by atoms with Crippen molar-refractivity contribution in [3.05, 3.63) is 24.3 Å². The van der Waals surface area contributed by atoms with Gasteiger partial charge in [-0.05, 0) is 32.9 Å². The van der Waals surface area contributed by atoms with Crippen LogP contribution in [0, 0.1) is 5.41 Å². The molecule has 0 N–H and O–H groups in total. The van der Waals surface area contributed by atoms with Crippen LogP contribution in [0.15, 0.2) is 24.3 Å². The van der Waals surface area contributed by atoms with Crippen LogP contribution in [-0.4, -0.2) is 66.9 Å². The molecule has 1 aromatic carbocycles. The minimum absolute atomic E-state index is 0.0292. The van der Waals surface area contributed by atoms with Gasteiger partial charge in [-0.2, -0.15) is 0 Å². The number of nitrogens with zero attached hydrogens (tertiary/aromatic N) is 2. The lowest BCUT2D eigenvalue weighted by atomic mass is 9.94. The summed E-state index contributed by atoms with van der Waals surface area (Å²) in [6, 6.07) is 7.29. The van der Waals surface area contributed by atoms with Gasteiger partial charge in [0.05, 0.1) is 12.0 Å². The van der Waals surface area contributed by atoms with Gasteiger partial charge in [-0.25, -0.2) is 0 Å². The molecule has 1 aliphatic heterocycles. The van der Waals surface area contributed by atoms with Crippen molar-refractivity contribution in [1.29, 1.82) is 0 Å². The third-order valence-corrected chi connectivity index (χ3v) is 5.00. The highest BCUT2D eigenvalue weighted by Crippen LogP contribution is 2.26. The number of alkyl halides is 1. The number of amides is 2. The standard InChI is InChI=1S/C19H27ClN2O4/c1-4-25-15-7-5-6-8-16(15)26-13-17(23)21-9-11-22(12-10-21)18(24)19(2,3)14-20/h5-8H,4,9-14H2,1-3H3. The molecule has 1 heterocycles. The van der Waals surface area contributed by atoms with Crippen LogP contribution in [0.3, 0.4) is 0 Å². The molecule has 0 spiro atoms. The minimum Gasteiger partial charge on any atom is -0.490 e. The van der Waals surface area contributed by atoms with Gasteiger partial charge in [-0.3, -0.25) is 9.59 Å². The summed E-state index contributed by atoms with van der Waals surface area (Å²) in [6.45, 7) is 8.08. The second-order valence-corrected chi connectivity index (χ2v) is 7.13. The van der Waals surface area contributed by atoms with Crippen LogP contribution in [0.2, 0.25) is 0 Å². The van der Waals surface area contributed by atoms with Crippen LogP contribution in [0.5, 0.6) is 11.5 Å². The molecule has 144 valence electrons. The van der Waals surface area contributed by atoms with Crippen LogP contribution in [-0.2, 0) is 9.59 Å². The Morgan fingerprint density at radius 1 is 1.04 bits per heavy atom. The van der Waals surface area contributed by atoms with Crippen LogP contribution in [0.25, 0.3) is 0 Å². The van der Waals surface area contributed by atoms with Gasteiger partial charge >= 0.3 is 0 Å². The van der Waals surface area contributed by atoms with Gasteiger partial charge in [0, 0.05) is 32.1 Å². The molecule has 7 heteroatoms. The average Bonchev–Trinajstić information content (AvgIpc) is 2.66. The molecule has 1 aliphatic rings. The predicted octanol–water partition coefficient (Wildman–Crippen LogP) is 2.40. The van der Waals surface area contributed by atoms with E-state index in [-0.39, 0.29) is 24.3 Å². The highest BCUT2D eigenvalue weighted by molar-refractivity contribution is 6.19. The molecule has 2 amide bonds. The van der Waals surface area contributed by atoms with E-state index >= 15 is 0 Å². The number of carbonyl (C=O) groups excluding carboxylic acids is 2. The Hall–Kier alpha value is -1.95. The van der Waals surface area contributed by atoms with E-state index in [1.807, 2.05) is 39.0 Å². The Morgan fingerprint density at radius 3 is 2.12 bits per heavy atom. The van der Waals surface area contributed by atoms with Crippen LogP contribution in [0.4, 0.5) is 0 Å². The lowest BCUT2D eigenvalue weighted by molar-refractivity contribution is -0.145. The first-order chi connectivity index (χ1) is 12.4. The van der Waals surface area contributed by atoms with Crippen molar-refractivity contribution < 1.29 is 19.1 Å². The highest BCUT2D eigenvalue weighted by atomic mass is 35.5. The van der Waals surface area contributed by atoms with E-state index in [2.05, 4.69) is 0 Å². The largest absolute Gasteiger partial charge is 0.490 e. The Labute approximate surface area is 160 Å². The molecule has 0 saturated carbocycles. The third kappa shape index (κ3) is 5.04. The fourth-order valence-corrected chi connectivity index (χ4v) is 2.83. The van der Waals surface area contributed by atoms with E-state index in [1.165, 1.54) is 0 Å². The first kappa shape index (κ1) is 20.4. The van der Waals surface area contributed by atoms with Gasteiger partial charge in [0.2, 0.25) is 5.91 Å². The maximum atomic E-state index is 12.4. The summed E-state index contributed by atoms with van der Waals surface area (Å²) in [5.74, 6) is 1.39. The normalized spacial score (nSPS) is 14.9. The molecule has 0 unspecified atom stereocenters. The average molecular weight is 383 g/mol. The van der Waals surface area contributed by atoms with Crippen molar-refractivity contribution in [2.45, 2.75) is 20.8 Å². The third-order valence-electron chi connectivity index (χ3n) is 4.33. The molecule has 0 radical (unpaired) electrons. The summed E-state index contributed by atoms with van der Waals surface area (Å²) >= 11 is 5.88. The number of hydrogen-bond donors (Lipinski definition) is 0. The zero-order chi connectivity index (χ0) is 19.2. The lowest BCUT2D eigenvalue weighted by Gasteiger charge is -2.38. The molecule has 0 aromatic heterocycles. The van der Waals surface area contributed by atoms with Gasteiger partial charge in [-0.1, -0.05) is 12.1 Å². The van der Waals surface area contributed by atoms with Crippen molar-refractivity contribution in [3.8, 4) is 11.5 Å². The Morgan fingerprint density at radius 2 is 1.58 bits per heavy atom. The monoisotopic (exact) mass is 382 g/mol. The lowest BCUT2D eigenvalue weighted by Crippen LogP contribution is -2.54. The second-order valence-electron chi connectivity index (χ2n) is 6.86. The number of piperazine rings is 1. The summed E-state index contributed by atoms with van der Waals surface area (Å²) in [7, 11) is 0. The van der Waals surface area contributed by atoms with E-state index in [0.717, 1.165) is 0 Å². The molecule has 0 bridgehead atoms. The first-order valence-corrected chi connectivity index (χ1v) is 9.40. The summed E-state index contributed by atoms with van der Waals surface area (Å²) < 4.78 is 11.1. The van der Waals surface area contributed by atoms with Gasteiger partial charge in [0.25, 0.3) is 5.91 Å². The van der Waals surface area contributed by atoms with Crippen LogP contribution < -0.4 is 9.47 Å². The molecule has 6 nitrogen and oxygen atoms in total. The Balaban J connectivity index is 1.85. The number of para-hydroxylation sites is 2. The number of halogens is 1. The van der Waals surface area contributed by atoms with Crippen molar-refractivity contribution >= 4 is 23.4 Å². The Bertz CT molecular complexity index is 628. The molecule has 0 aliphatic carbocycles. The second kappa shape index (κ2) is 9.12. The molecule has 0 atom stereocenters. The fraction of sp³-hybridized carbons (Fsp3) is 0.579. The van der Waals surface area contributed by atoms with E-state index in [4.69, 9.17) is 21.1 Å². The maximum Gasteiger partial charge on any atom is 0.260 e. The first-order valence-electron chi connectivity index (χ1n) is 8.86. The van der Waals surface area contributed by atoms with Crippen LogP contribution in [0.1, 0.15) is 20.8 Å². The van der Waals surface area contributed by atoms with E-state index in [0.29, 0.717) is 44.3 Å². The summed E-state index contributed by atoms with van der Waals surface area (Å²) in [5, 5.41) is 0. The van der Waals surface area contributed by atoms with Gasteiger partial charge in [0.15, 0.2) is 18.1 Å². The SMILES string of the molecule is CCOc1ccccc1OCC(=O)N1CCN(C(=O)C(C)(C)CCl)CC1. The van der Waals surface area contributed by atoms with Crippen molar-refractivity contribution in [2.75, 3.05) is 45.3 Å². The summed E-state index contributed by atoms with van der Waals surface area (Å²) in [6.07, 6.45) is 0. The zero-order valence-corrected chi connectivity index (χ0v) is 16.4. The molecular weight excluding hydrogens is 356 g/mol. The number of hydrogen-bond acceptors (Lipinski definition) is 4. The molecule has 1 fully saturated rings. The number of benzene rings is 1. The van der Waals surface area contributed by atoms with Crippen molar-refractivity contribution in [2.24, 2.45) is 5.41 Å². The highest BCUT2D eigenvalue weighted by Gasteiger charge is 2.33. The van der Waals surface area contributed by atoms with Crippen LogP contribution >= 0.6 is 11.6 Å². The van der Waals surface area contributed by atoms with E-state index < -0.39 is 5.41 Å². The van der Waals surface area contributed by atoms with Crippen molar-refractivity contribution in [1.82, 2.24) is 9.80 Å². The zero-order valence-electron chi connectivity index (χ0n) is 15.7. The molecule has 26 heavy (non-hydrogen) atoms. The minimum atomic E-state index is -0.583. The summed E-state index contributed by atoms with van der Waals surface area (Å²) in [5.41, 5.74) is -0.583. The number of carbonyl (C=O) groups is 2. The number of rotatable bonds is 7. The van der Waals surface area contributed by atoms with Crippen molar-refractivity contribution in [3.63, 3.8) is 0 Å². The molecule has 1 saturated heterocycles. The Kier molecular flexibility index (Phi) is 7.14.